The fourth-order valence-electron chi connectivity index (χ4n) is 1.19. The Hall–Kier alpha value is -1.01. The average Bonchev–Trinajstić information content (AvgIpc) is 2.75. The zero-order valence-corrected chi connectivity index (χ0v) is 12.2. The maximum Gasteiger partial charge on any atom is 0.267 e. The van der Waals surface area contributed by atoms with Crippen LogP contribution in [0.4, 0.5) is 0 Å². The molecule has 0 aliphatic heterocycles. The van der Waals surface area contributed by atoms with Crippen molar-refractivity contribution >= 4 is 25.6 Å². The first kappa shape index (κ1) is 15.0. The summed E-state index contributed by atoms with van der Waals surface area (Å²) in [6.07, 6.45) is 2.13. The van der Waals surface area contributed by atoms with Crippen LogP contribution in [-0.2, 0) is 9.05 Å². The van der Waals surface area contributed by atoms with Gasteiger partial charge in [-0.1, -0.05) is 20.8 Å². The van der Waals surface area contributed by atoms with Crippen molar-refractivity contribution in [3.63, 3.8) is 0 Å². The average molecular weight is 293 g/mol. The van der Waals surface area contributed by atoms with Gasteiger partial charge in [-0.15, -0.1) is 0 Å². The van der Waals surface area contributed by atoms with Crippen LogP contribution in [0.25, 0.3) is 0 Å². The molecule has 0 aliphatic carbocycles. The molecule has 1 rings (SSSR count). The van der Waals surface area contributed by atoms with Crippen LogP contribution in [-0.4, -0.2) is 25.9 Å². The van der Waals surface area contributed by atoms with E-state index < -0.39 is 9.05 Å². The Balaban J connectivity index is 2.72. The quantitative estimate of drug-likeness (QED) is 0.816. The van der Waals surface area contributed by atoms with Gasteiger partial charge in [0, 0.05) is 23.4 Å². The molecule has 0 aliphatic rings. The highest BCUT2D eigenvalue weighted by Crippen LogP contribution is 2.19. The molecule has 18 heavy (non-hydrogen) atoms. The lowest BCUT2D eigenvalue weighted by molar-refractivity contribution is 0.0931. The third-order valence-corrected chi connectivity index (χ3v) is 4.20. The predicted octanol–water partition coefficient (Wildman–Crippen LogP) is 2.11. The van der Waals surface area contributed by atoms with E-state index in [9.17, 15) is 13.2 Å². The van der Waals surface area contributed by atoms with Crippen molar-refractivity contribution in [2.24, 2.45) is 5.41 Å². The largest absolute Gasteiger partial charge is 0.356 e. The van der Waals surface area contributed by atoms with Gasteiger partial charge in [-0.2, -0.15) is 0 Å². The third kappa shape index (κ3) is 4.03. The van der Waals surface area contributed by atoms with E-state index in [-0.39, 0.29) is 21.9 Å². The van der Waals surface area contributed by atoms with Crippen LogP contribution in [0.5, 0.6) is 0 Å². The molecule has 0 unspecified atom stereocenters. The molecule has 2 N–H and O–H groups in total. The molecule has 0 saturated carbocycles. The maximum atomic E-state index is 11.8. The number of amides is 1. The number of hydrogen-bond donors (Lipinski definition) is 2. The summed E-state index contributed by atoms with van der Waals surface area (Å²) in [7, 11) is 1.37. The van der Waals surface area contributed by atoms with Crippen molar-refractivity contribution in [3.05, 3.63) is 18.0 Å². The van der Waals surface area contributed by atoms with Gasteiger partial charge in [0.2, 0.25) is 0 Å². The Morgan fingerprint density at radius 3 is 2.56 bits per heavy atom. The van der Waals surface area contributed by atoms with E-state index in [2.05, 4.69) is 10.3 Å². The van der Waals surface area contributed by atoms with Crippen LogP contribution in [0.1, 0.15) is 37.7 Å². The number of hydrogen-bond acceptors (Lipinski definition) is 3. The molecule has 1 aromatic rings. The second kappa shape index (κ2) is 5.32. The maximum absolute atomic E-state index is 11.8. The second-order valence-corrected chi connectivity index (χ2v) is 7.45. The number of halogens is 1. The first-order valence-corrected chi connectivity index (χ1v) is 7.88. The molecule has 7 heteroatoms. The van der Waals surface area contributed by atoms with Crippen LogP contribution >= 0.6 is 10.7 Å². The van der Waals surface area contributed by atoms with E-state index in [1.807, 2.05) is 20.8 Å². The Labute approximate surface area is 111 Å². The van der Waals surface area contributed by atoms with Crippen LogP contribution in [0, 0.1) is 5.41 Å². The summed E-state index contributed by atoms with van der Waals surface area (Å²) < 4.78 is 22.1. The number of aromatic nitrogens is 1. The molecule has 0 aromatic carbocycles. The van der Waals surface area contributed by atoms with Gasteiger partial charge in [0.15, 0.2) is 0 Å². The van der Waals surface area contributed by atoms with Crippen molar-refractivity contribution in [1.82, 2.24) is 10.3 Å². The van der Waals surface area contributed by atoms with E-state index in [0.717, 1.165) is 6.42 Å². The van der Waals surface area contributed by atoms with Crippen LogP contribution < -0.4 is 5.32 Å². The summed E-state index contributed by atoms with van der Waals surface area (Å²) in [4.78, 5) is 14.3. The minimum absolute atomic E-state index is 0.00362. The molecule has 0 atom stereocenters. The molecule has 0 radical (unpaired) electrons. The predicted molar refractivity (Wildman–Crippen MR) is 70.2 cm³/mol. The molecule has 0 fully saturated rings. The summed E-state index contributed by atoms with van der Waals surface area (Å²) in [5, 5.41) is 2.75. The minimum atomic E-state index is -3.80. The standard InChI is InChI=1S/C11H17ClN2O3S/c1-4-11(2,3)7-14-10(15)9-5-8(6-13-9)18(12,16)17/h5-6,13H,4,7H2,1-3H3,(H,14,15). The van der Waals surface area contributed by atoms with Gasteiger partial charge in [0.1, 0.15) is 10.6 Å². The van der Waals surface area contributed by atoms with Gasteiger partial charge in [0.25, 0.3) is 15.0 Å². The molecule has 5 nitrogen and oxygen atoms in total. The van der Waals surface area contributed by atoms with Crippen LogP contribution in [0.15, 0.2) is 17.2 Å². The Morgan fingerprint density at radius 2 is 2.11 bits per heavy atom. The zero-order chi connectivity index (χ0) is 14.0. The lowest BCUT2D eigenvalue weighted by Gasteiger charge is -2.22. The van der Waals surface area contributed by atoms with Gasteiger partial charge in [-0.05, 0) is 17.9 Å². The van der Waals surface area contributed by atoms with Gasteiger partial charge in [-0.25, -0.2) is 8.42 Å². The number of H-pyrrole nitrogens is 1. The molecule has 0 bridgehead atoms. The van der Waals surface area contributed by atoms with E-state index >= 15 is 0 Å². The van der Waals surface area contributed by atoms with E-state index in [1.165, 1.54) is 12.3 Å². The van der Waals surface area contributed by atoms with E-state index in [4.69, 9.17) is 10.7 Å². The Bertz CT molecular complexity index is 534. The van der Waals surface area contributed by atoms with Gasteiger partial charge >= 0.3 is 0 Å². The number of nitrogens with one attached hydrogen (secondary N) is 2. The van der Waals surface area contributed by atoms with Gasteiger partial charge in [0.05, 0.1) is 0 Å². The summed E-state index contributed by atoms with van der Waals surface area (Å²) in [6.45, 7) is 6.64. The number of aromatic amines is 1. The lowest BCUT2D eigenvalue weighted by atomic mass is 9.90. The fourth-order valence-corrected chi connectivity index (χ4v) is 1.91. The molecule has 0 saturated heterocycles. The number of carbonyl (C=O) groups excluding carboxylic acids is 1. The summed E-state index contributed by atoms with van der Waals surface area (Å²) >= 11 is 0. The monoisotopic (exact) mass is 292 g/mol. The summed E-state index contributed by atoms with van der Waals surface area (Å²) in [5.74, 6) is -0.344. The third-order valence-electron chi connectivity index (χ3n) is 2.87. The number of rotatable bonds is 5. The van der Waals surface area contributed by atoms with Crippen molar-refractivity contribution in [3.8, 4) is 0 Å². The zero-order valence-electron chi connectivity index (χ0n) is 10.6. The highest BCUT2D eigenvalue weighted by Gasteiger charge is 2.19. The van der Waals surface area contributed by atoms with Gasteiger partial charge < -0.3 is 10.3 Å². The van der Waals surface area contributed by atoms with E-state index in [0.29, 0.717) is 6.54 Å². The lowest BCUT2D eigenvalue weighted by Crippen LogP contribution is -2.33. The first-order chi connectivity index (χ1) is 8.15. The Morgan fingerprint density at radius 1 is 1.50 bits per heavy atom. The molecule has 0 spiro atoms. The topological polar surface area (TPSA) is 79.0 Å². The molecular formula is C11H17ClN2O3S. The minimum Gasteiger partial charge on any atom is -0.356 e. The fraction of sp³-hybridized carbons (Fsp3) is 0.545. The normalized spacial score (nSPS) is 12.4. The van der Waals surface area contributed by atoms with Crippen molar-refractivity contribution in [1.29, 1.82) is 0 Å². The van der Waals surface area contributed by atoms with Crippen LogP contribution in [0.2, 0.25) is 0 Å². The molecule has 1 aromatic heterocycles. The SMILES string of the molecule is CCC(C)(C)CNC(=O)c1cc(S(=O)(=O)Cl)c[nH]1. The van der Waals surface area contributed by atoms with Crippen molar-refractivity contribution in [2.75, 3.05) is 6.54 Å². The number of carbonyl (C=O) groups is 1. The summed E-state index contributed by atoms with van der Waals surface area (Å²) in [6, 6.07) is 1.22. The molecular weight excluding hydrogens is 276 g/mol. The van der Waals surface area contributed by atoms with Crippen molar-refractivity contribution in [2.45, 2.75) is 32.1 Å². The highest BCUT2D eigenvalue weighted by atomic mass is 35.7. The second-order valence-electron chi connectivity index (χ2n) is 4.89. The molecule has 1 heterocycles. The Kier molecular flexibility index (Phi) is 4.45. The molecule has 102 valence electrons. The smallest absolute Gasteiger partial charge is 0.267 e. The van der Waals surface area contributed by atoms with Crippen molar-refractivity contribution < 1.29 is 13.2 Å². The van der Waals surface area contributed by atoms with E-state index in [1.54, 1.807) is 0 Å². The van der Waals surface area contributed by atoms with Gasteiger partial charge in [-0.3, -0.25) is 4.79 Å². The summed E-state index contributed by atoms with van der Waals surface area (Å²) in [5.41, 5.74) is 0.185. The van der Waals surface area contributed by atoms with Crippen LogP contribution in [0.3, 0.4) is 0 Å². The first-order valence-electron chi connectivity index (χ1n) is 5.57. The molecule has 1 amide bonds. The highest BCUT2D eigenvalue weighted by molar-refractivity contribution is 8.13.